The Hall–Kier alpha value is -2.42. The molecule has 4 rings (SSSR count). The minimum absolute atomic E-state index is 0.284. The minimum Gasteiger partial charge on any atom is -0.203 e. The summed E-state index contributed by atoms with van der Waals surface area (Å²) in [6.45, 7) is 0. The lowest BCUT2D eigenvalue weighted by atomic mass is 9.70. The van der Waals surface area contributed by atoms with E-state index in [9.17, 15) is 8.78 Å². The van der Waals surface area contributed by atoms with Crippen LogP contribution in [0.4, 0.5) is 8.78 Å². The van der Waals surface area contributed by atoms with E-state index in [-0.39, 0.29) is 5.56 Å². The van der Waals surface area contributed by atoms with Crippen LogP contribution in [0.5, 0.6) is 0 Å². The van der Waals surface area contributed by atoms with Crippen LogP contribution in [0.3, 0.4) is 0 Å². The second-order valence-electron chi connectivity index (χ2n) is 7.39. The van der Waals surface area contributed by atoms with E-state index < -0.39 is 11.6 Å². The van der Waals surface area contributed by atoms with Crippen molar-refractivity contribution in [3.8, 4) is 22.3 Å². The van der Waals surface area contributed by atoms with Crippen LogP contribution in [0.15, 0.2) is 66.7 Å². The molecule has 0 aromatic heterocycles. The smallest absolute Gasteiger partial charge is 0.167 e. The van der Waals surface area contributed by atoms with Crippen LogP contribution in [-0.2, 0) is 0 Å². The molecule has 0 heterocycles. The van der Waals surface area contributed by atoms with Crippen molar-refractivity contribution in [1.82, 2.24) is 0 Å². The van der Waals surface area contributed by atoms with Gasteiger partial charge in [0.1, 0.15) is 0 Å². The maximum atomic E-state index is 14.7. The highest BCUT2D eigenvalue weighted by Crippen LogP contribution is 2.38. The van der Waals surface area contributed by atoms with Crippen LogP contribution in [0.25, 0.3) is 22.3 Å². The van der Waals surface area contributed by atoms with Gasteiger partial charge in [0.05, 0.1) is 7.85 Å². The normalized spacial score (nSPS) is 19.8. The average Bonchev–Trinajstić information content (AvgIpc) is 2.71. The van der Waals surface area contributed by atoms with Crippen LogP contribution in [0.2, 0.25) is 5.82 Å². The molecule has 0 nitrogen and oxygen atoms in total. The highest BCUT2D eigenvalue weighted by Gasteiger charge is 2.20. The van der Waals surface area contributed by atoms with Gasteiger partial charge in [0.25, 0.3) is 0 Å². The fourth-order valence-corrected chi connectivity index (χ4v) is 4.00. The van der Waals surface area contributed by atoms with Crippen molar-refractivity contribution >= 4 is 7.85 Å². The molecule has 1 saturated carbocycles. The van der Waals surface area contributed by atoms with E-state index in [1.165, 1.54) is 5.56 Å². The first kappa shape index (κ1) is 18.0. The molecule has 1 aliphatic rings. The third-order valence-corrected chi connectivity index (χ3v) is 5.63. The summed E-state index contributed by atoms with van der Waals surface area (Å²) in [5.41, 5.74) is 3.21. The Morgan fingerprint density at radius 3 is 1.70 bits per heavy atom. The molecular formula is C24H21BF2. The zero-order chi connectivity index (χ0) is 18.8. The molecule has 1 aliphatic carbocycles. The van der Waals surface area contributed by atoms with E-state index in [2.05, 4.69) is 0 Å². The number of hydrogen-bond donors (Lipinski definition) is 0. The molecule has 0 N–H and O–H groups in total. The Labute approximate surface area is 160 Å². The summed E-state index contributed by atoms with van der Waals surface area (Å²) in [5, 5.41) is 0. The standard InChI is InChI=1S/C24H21BF2/c25-20-12-10-17(11-13-20)16-6-8-19(9-7-16)22-15-14-21(23(26)24(22)27)18-4-2-1-3-5-18/h1-9,14-15,17,20H,10-13H2. The van der Waals surface area contributed by atoms with Crippen LogP contribution in [-0.4, -0.2) is 7.85 Å². The number of halogens is 2. The molecule has 27 heavy (non-hydrogen) atoms. The Morgan fingerprint density at radius 1 is 0.630 bits per heavy atom. The van der Waals surface area contributed by atoms with Crippen LogP contribution >= 0.6 is 0 Å². The average molecular weight is 358 g/mol. The van der Waals surface area contributed by atoms with Crippen molar-refractivity contribution < 1.29 is 8.78 Å². The van der Waals surface area contributed by atoms with Gasteiger partial charge in [-0.25, -0.2) is 8.78 Å². The van der Waals surface area contributed by atoms with Gasteiger partial charge < -0.3 is 0 Å². The summed E-state index contributed by atoms with van der Waals surface area (Å²) < 4.78 is 29.4. The molecule has 0 atom stereocenters. The van der Waals surface area contributed by atoms with Crippen LogP contribution < -0.4 is 0 Å². The van der Waals surface area contributed by atoms with Crippen molar-refractivity contribution in [2.45, 2.75) is 37.4 Å². The maximum absolute atomic E-state index is 14.7. The molecule has 0 bridgehead atoms. The van der Waals surface area contributed by atoms with Gasteiger partial charge >= 0.3 is 0 Å². The number of benzene rings is 3. The molecule has 0 amide bonds. The van der Waals surface area contributed by atoms with Gasteiger partial charge in [-0.2, -0.15) is 0 Å². The molecule has 3 aromatic carbocycles. The largest absolute Gasteiger partial charge is 0.203 e. The van der Waals surface area contributed by atoms with E-state index in [0.29, 0.717) is 28.4 Å². The van der Waals surface area contributed by atoms with E-state index in [1.54, 1.807) is 24.3 Å². The van der Waals surface area contributed by atoms with E-state index in [1.807, 2.05) is 42.5 Å². The molecule has 0 aliphatic heterocycles. The zero-order valence-corrected chi connectivity index (χ0v) is 15.2. The molecule has 0 saturated heterocycles. The quantitative estimate of drug-likeness (QED) is 0.446. The zero-order valence-electron chi connectivity index (χ0n) is 15.2. The molecule has 0 unspecified atom stereocenters. The third-order valence-electron chi connectivity index (χ3n) is 5.63. The fraction of sp³-hybridized carbons (Fsp3) is 0.250. The Balaban J connectivity index is 1.61. The highest BCUT2D eigenvalue weighted by atomic mass is 19.2. The number of hydrogen-bond acceptors (Lipinski definition) is 0. The van der Waals surface area contributed by atoms with E-state index in [4.69, 9.17) is 7.85 Å². The summed E-state index contributed by atoms with van der Waals surface area (Å²) in [5.74, 6) is -0.765. The molecule has 134 valence electrons. The molecule has 0 spiro atoms. The van der Waals surface area contributed by atoms with Gasteiger partial charge in [0, 0.05) is 11.1 Å². The second-order valence-corrected chi connectivity index (χ2v) is 7.39. The van der Waals surface area contributed by atoms with Crippen LogP contribution in [0.1, 0.15) is 37.2 Å². The lowest BCUT2D eigenvalue weighted by Crippen LogP contribution is -2.09. The highest BCUT2D eigenvalue weighted by molar-refractivity contribution is 6.11. The van der Waals surface area contributed by atoms with Crippen molar-refractivity contribution in [2.75, 3.05) is 0 Å². The first-order chi connectivity index (χ1) is 13.1. The first-order valence-corrected chi connectivity index (χ1v) is 9.53. The topological polar surface area (TPSA) is 0 Å². The van der Waals surface area contributed by atoms with Gasteiger partial charge in [-0.3, -0.25) is 0 Å². The van der Waals surface area contributed by atoms with Crippen molar-refractivity contribution in [3.63, 3.8) is 0 Å². The van der Waals surface area contributed by atoms with Crippen molar-refractivity contribution in [2.24, 2.45) is 0 Å². The molecule has 3 aromatic rings. The van der Waals surface area contributed by atoms with Gasteiger partial charge in [-0.1, -0.05) is 85.4 Å². The predicted octanol–water partition coefficient (Wildman–Crippen LogP) is 6.91. The van der Waals surface area contributed by atoms with Gasteiger partial charge in [0.2, 0.25) is 0 Å². The fourth-order valence-electron chi connectivity index (χ4n) is 4.00. The molecule has 3 heteroatoms. The summed E-state index contributed by atoms with van der Waals surface area (Å²) in [7, 11) is 5.98. The lowest BCUT2D eigenvalue weighted by Gasteiger charge is -2.26. The second kappa shape index (κ2) is 7.68. The van der Waals surface area contributed by atoms with Crippen molar-refractivity contribution in [1.29, 1.82) is 0 Å². The Bertz CT molecular complexity index is 911. The Morgan fingerprint density at radius 2 is 1.15 bits per heavy atom. The maximum Gasteiger partial charge on any atom is 0.167 e. The number of rotatable bonds is 3. The van der Waals surface area contributed by atoms with E-state index in [0.717, 1.165) is 25.7 Å². The first-order valence-electron chi connectivity index (χ1n) is 9.53. The summed E-state index contributed by atoms with van der Waals surface area (Å²) in [6.07, 6.45) is 4.28. The molecule has 2 radical (unpaired) electrons. The lowest BCUT2D eigenvalue weighted by molar-refractivity contribution is 0.444. The monoisotopic (exact) mass is 358 g/mol. The van der Waals surface area contributed by atoms with Gasteiger partial charge in [-0.15, -0.1) is 0 Å². The van der Waals surface area contributed by atoms with Gasteiger partial charge in [0.15, 0.2) is 11.6 Å². The summed E-state index contributed by atoms with van der Waals surface area (Å²) in [6, 6.07) is 20.2. The summed E-state index contributed by atoms with van der Waals surface area (Å²) in [4.78, 5) is 0. The van der Waals surface area contributed by atoms with Crippen LogP contribution in [0, 0.1) is 11.6 Å². The predicted molar refractivity (Wildman–Crippen MR) is 108 cm³/mol. The Kier molecular flexibility index (Phi) is 5.11. The minimum atomic E-state index is -0.802. The summed E-state index contributed by atoms with van der Waals surface area (Å²) >= 11 is 0. The molecular weight excluding hydrogens is 337 g/mol. The molecule has 1 fully saturated rings. The van der Waals surface area contributed by atoms with E-state index >= 15 is 0 Å². The third kappa shape index (κ3) is 3.69. The van der Waals surface area contributed by atoms with Gasteiger partial charge in [-0.05, 0) is 35.4 Å². The SMILES string of the molecule is [B]C1CCC(c2ccc(-c3ccc(-c4ccccc4)c(F)c3F)cc2)CC1. The van der Waals surface area contributed by atoms with Crippen molar-refractivity contribution in [3.05, 3.63) is 83.9 Å².